The summed E-state index contributed by atoms with van der Waals surface area (Å²) in [5.74, 6) is 0. The zero-order valence-electron chi connectivity index (χ0n) is 8.57. The quantitative estimate of drug-likeness (QED) is 0.598. The molecule has 14 heavy (non-hydrogen) atoms. The summed E-state index contributed by atoms with van der Waals surface area (Å²) in [5, 5.41) is 7.91. The van der Waals surface area contributed by atoms with Gasteiger partial charge in [-0.15, -0.1) is 0 Å². The molecule has 0 aliphatic carbocycles. The Balaban J connectivity index is 2.10. The summed E-state index contributed by atoms with van der Waals surface area (Å²) in [7, 11) is 0. The molecular formula is C10H17N3S. The van der Waals surface area contributed by atoms with Crippen LogP contribution in [0, 0.1) is 0 Å². The van der Waals surface area contributed by atoms with Crippen molar-refractivity contribution in [3.05, 3.63) is 18.5 Å². The van der Waals surface area contributed by atoms with Crippen LogP contribution in [0.3, 0.4) is 0 Å². The maximum absolute atomic E-state index is 5.14. The molecule has 78 valence electrons. The Morgan fingerprint density at radius 2 is 2.29 bits per heavy atom. The molecule has 3 nitrogen and oxygen atoms in total. The Labute approximate surface area is 90.5 Å². The lowest BCUT2D eigenvalue weighted by Gasteiger charge is -2.06. The Hall–Kier alpha value is -0.900. The zero-order chi connectivity index (χ0) is 10.2. The van der Waals surface area contributed by atoms with Gasteiger partial charge in [-0.3, -0.25) is 0 Å². The van der Waals surface area contributed by atoms with Gasteiger partial charge in [0.15, 0.2) is 5.11 Å². The molecule has 1 N–H and O–H groups in total. The second kappa shape index (κ2) is 6.54. The van der Waals surface area contributed by atoms with Crippen molar-refractivity contribution in [1.29, 1.82) is 0 Å². The van der Waals surface area contributed by atoms with Crippen LogP contribution in [-0.4, -0.2) is 21.4 Å². The molecule has 1 heterocycles. The van der Waals surface area contributed by atoms with E-state index in [1.165, 1.54) is 25.7 Å². The fourth-order valence-electron chi connectivity index (χ4n) is 1.22. The number of aromatic nitrogens is 2. The molecule has 0 fully saturated rings. The fraction of sp³-hybridized carbons (Fsp3) is 0.600. The van der Waals surface area contributed by atoms with Crippen molar-refractivity contribution in [2.24, 2.45) is 0 Å². The normalized spacial score (nSPS) is 10.1. The Morgan fingerprint density at radius 1 is 1.43 bits per heavy atom. The zero-order valence-corrected chi connectivity index (χ0v) is 9.39. The van der Waals surface area contributed by atoms with Crippen molar-refractivity contribution < 1.29 is 0 Å². The molecule has 1 aromatic rings. The minimum Gasteiger partial charge on any atom is -0.361 e. The van der Waals surface area contributed by atoms with E-state index < -0.39 is 0 Å². The first-order valence-corrected chi connectivity index (χ1v) is 5.53. The van der Waals surface area contributed by atoms with Crippen LogP contribution in [0.4, 0.5) is 0 Å². The number of thiocarbonyl (C=S) groups is 1. The van der Waals surface area contributed by atoms with Crippen molar-refractivity contribution in [2.45, 2.75) is 32.6 Å². The maximum atomic E-state index is 5.14. The molecule has 0 saturated carbocycles. The van der Waals surface area contributed by atoms with Gasteiger partial charge < -0.3 is 5.32 Å². The van der Waals surface area contributed by atoms with E-state index in [4.69, 9.17) is 12.2 Å². The van der Waals surface area contributed by atoms with E-state index in [1.54, 1.807) is 10.9 Å². The Morgan fingerprint density at radius 3 is 2.93 bits per heavy atom. The number of rotatable bonds is 5. The van der Waals surface area contributed by atoms with Gasteiger partial charge in [-0.25, -0.2) is 4.68 Å². The summed E-state index contributed by atoms with van der Waals surface area (Å²) >= 11 is 5.14. The van der Waals surface area contributed by atoms with Gasteiger partial charge in [-0.1, -0.05) is 26.2 Å². The van der Waals surface area contributed by atoms with Crippen molar-refractivity contribution >= 4 is 17.3 Å². The van der Waals surface area contributed by atoms with Crippen LogP contribution in [0.2, 0.25) is 0 Å². The molecule has 0 bridgehead atoms. The average Bonchev–Trinajstić information content (AvgIpc) is 2.70. The predicted molar refractivity (Wildman–Crippen MR) is 62.4 cm³/mol. The third-order valence-electron chi connectivity index (χ3n) is 2.02. The van der Waals surface area contributed by atoms with Crippen LogP contribution < -0.4 is 5.32 Å². The third kappa shape index (κ3) is 3.87. The summed E-state index contributed by atoms with van der Waals surface area (Å²) in [6.45, 7) is 3.15. The van der Waals surface area contributed by atoms with Crippen molar-refractivity contribution in [2.75, 3.05) is 6.54 Å². The van der Waals surface area contributed by atoms with Crippen LogP contribution in [0.15, 0.2) is 18.5 Å². The summed E-state index contributed by atoms with van der Waals surface area (Å²) in [6, 6.07) is 1.87. The number of nitrogens with one attached hydrogen (secondary N) is 1. The smallest absolute Gasteiger partial charge is 0.193 e. The first kappa shape index (κ1) is 11.2. The lowest BCUT2D eigenvalue weighted by atomic mass is 10.2. The second-order valence-corrected chi connectivity index (χ2v) is 3.63. The standard InChI is InChI=1S/C10H17N3S/c1-2-3-4-5-7-11-10(14)13-9-6-8-12-13/h6,8-9H,2-5,7H2,1H3,(H,11,14). The highest BCUT2D eigenvalue weighted by Gasteiger charge is 1.96. The first-order valence-electron chi connectivity index (χ1n) is 5.12. The van der Waals surface area contributed by atoms with Crippen LogP contribution in [0.1, 0.15) is 32.6 Å². The van der Waals surface area contributed by atoms with E-state index in [0.29, 0.717) is 5.11 Å². The monoisotopic (exact) mass is 211 g/mol. The molecule has 0 spiro atoms. The molecule has 0 aliphatic rings. The molecule has 0 radical (unpaired) electrons. The van der Waals surface area contributed by atoms with E-state index in [9.17, 15) is 0 Å². The van der Waals surface area contributed by atoms with E-state index in [-0.39, 0.29) is 0 Å². The molecular weight excluding hydrogens is 194 g/mol. The average molecular weight is 211 g/mol. The molecule has 0 atom stereocenters. The lowest BCUT2D eigenvalue weighted by Crippen LogP contribution is -2.29. The van der Waals surface area contributed by atoms with E-state index >= 15 is 0 Å². The van der Waals surface area contributed by atoms with Gasteiger partial charge in [0.25, 0.3) is 0 Å². The molecule has 4 heteroatoms. The lowest BCUT2D eigenvalue weighted by molar-refractivity contribution is 0.650. The van der Waals surface area contributed by atoms with E-state index in [2.05, 4.69) is 17.3 Å². The van der Waals surface area contributed by atoms with Crippen LogP contribution in [0.5, 0.6) is 0 Å². The minimum atomic E-state index is 0.687. The SMILES string of the molecule is CCCCCCNC(=S)n1cccn1. The highest BCUT2D eigenvalue weighted by atomic mass is 32.1. The van der Waals surface area contributed by atoms with Crippen molar-refractivity contribution in [1.82, 2.24) is 15.1 Å². The van der Waals surface area contributed by atoms with Crippen LogP contribution in [0.25, 0.3) is 0 Å². The molecule has 1 rings (SSSR count). The van der Waals surface area contributed by atoms with Crippen LogP contribution >= 0.6 is 12.2 Å². The molecule has 0 aromatic carbocycles. The van der Waals surface area contributed by atoms with Gasteiger partial charge in [0, 0.05) is 18.9 Å². The Bertz CT molecular complexity index is 256. The van der Waals surface area contributed by atoms with Crippen LogP contribution in [-0.2, 0) is 0 Å². The molecule has 0 aliphatic heterocycles. The van der Waals surface area contributed by atoms with E-state index in [1.807, 2.05) is 12.3 Å². The van der Waals surface area contributed by atoms with Crippen molar-refractivity contribution in [3.63, 3.8) is 0 Å². The van der Waals surface area contributed by atoms with Gasteiger partial charge in [0.05, 0.1) is 0 Å². The van der Waals surface area contributed by atoms with Gasteiger partial charge in [0.2, 0.25) is 0 Å². The Kier molecular flexibility index (Phi) is 5.22. The first-order chi connectivity index (χ1) is 6.84. The van der Waals surface area contributed by atoms with Gasteiger partial charge in [-0.2, -0.15) is 5.10 Å². The summed E-state index contributed by atoms with van der Waals surface area (Å²) in [4.78, 5) is 0. The predicted octanol–water partition coefficient (Wildman–Crippen LogP) is 2.19. The highest BCUT2D eigenvalue weighted by molar-refractivity contribution is 7.80. The molecule has 1 aromatic heterocycles. The molecule has 0 unspecified atom stereocenters. The minimum absolute atomic E-state index is 0.687. The number of unbranched alkanes of at least 4 members (excludes halogenated alkanes) is 3. The van der Waals surface area contributed by atoms with Gasteiger partial charge >= 0.3 is 0 Å². The molecule has 0 amide bonds. The molecule has 0 saturated heterocycles. The topological polar surface area (TPSA) is 29.9 Å². The summed E-state index contributed by atoms with van der Waals surface area (Å²) < 4.78 is 1.68. The van der Waals surface area contributed by atoms with E-state index in [0.717, 1.165) is 6.54 Å². The van der Waals surface area contributed by atoms with Crippen molar-refractivity contribution in [3.8, 4) is 0 Å². The third-order valence-corrected chi connectivity index (χ3v) is 2.35. The van der Waals surface area contributed by atoms with Gasteiger partial charge in [-0.05, 0) is 24.7 Å². The summed E-state index contributed by atoms with van der Waals surface area (Å²) in [6.07, 6.45) is 8.59. The maximum Gasteiger partial charge on any atom is 0.193 e. The number of hydrogen-bond acceptors (Lipinski definition) is 2. The number of nitrogens with zero attached hydrogens (tertiary/aromatic N) is 2. The fourth-order valence-corrected chi connectivity index (χ4v) is 1.43. The summed E-state index contributed by atoms with van der Waals surface area (Å²) in [5.41, 5.74) is 0. The van der Waals surface area contributed by atoms with Gasteiger partial charge in [0.1, 0.15) is 0 Å². The largest absolute Gasteiger partial charge is 0.361 e. The number of hydrogen-bond donors (Lipinski definition) is 1. The highest BCUT2D eigenvalue weighted by Crippen LogP contribution is 1.97. The second-order valence-electron chi connectivity index (χ2n) is 3.24.